The van der Waals surface area contributed by atoms with Crippen molar-refractivity contribution < 1.29 is 4.42 Å². The van der Waals surface area contributed by atoms with Gasteiger partial charge in [0, 0.05) is 6.20 Å². The van der Waals surface area contributed by atoms with Crippen LogP contribution in [0.5, 0.6) is 0 Å². The Bertz CT molecular complexity index is 355. The predicted octanol–water partition coefficient (Wildman–Crippen LogP) is 1.93. The standard InChI is InChI=1S/C7H6BrN3O/c1-5-4-12-7(10-5)11-3-6(8)2-9-11/h2-4H,1H3. The third-order valence-electron chi connectivity index (χ3n) is 1.35. The van der Waals surface area contributed by atoms with Gasteiger partial charge < -0.3 is 4.42 Å². The van der Waals surface area contributed by atoms with Gasteiger partial charge in [0.1, 0.15) is 6.26 Å². The van der Waals surface area contributed by atoms with Crippen LogP contribution in [0.4, 0.5) is 0 Å². The van der Waals surface area contributed by atoms with Crippen LogP contribution in [-0.4, -0.2) is 14.8 Å². The fourth-order valence-electron chi connectivity index (χ4n) is 0.852. The molecule has 0 saturated carbocycles. The number of aromatic nitrogens is 3. The normalized spacial score (nSPS) is 10.5. The summed E-state index contributed by atoms with van der Waals surface area (Å²) in [6.07, 6.45) is 5.05. The van der Waals surface area contributed by atoms with E-state index in [1.54, 1.807) is 23.3 Å². The maximum Gasteiger partial charge on any atom is 0.322 e. The highest BCUT2D eigenvalue weighted by molar-refractivity contribution is 9.10. The molecule has 0 atom stereocenters. The maximum atomic E-state index is 5.13. The van der Waals surface area contributed by atoms with E-state index >= 15 is 0 Å². The molecular weight excluding hydrogens is 222 g/mol. The highest BCUT2D eigenvalue weighted by Gasteiger charge is 2.03. The fraction of sp³-hybridized carbons (Fsp3) is 0.143. The van der Waals surface area contributed by atoms with Crippen LogP contribution in [0.1, 0.15) is 5.69 Å². The third kappa shape index (κ3) is 1.27. The number of hydrogen-bond donors (Lipinski definition) is 0. The van der Waals surface area contributed by atoms with Crippen molar-refractivity contribution >= 4 is 15.9 Å². The Kier molecular flexibility index (Phi) is 1.73. The van der Waals surface area contributed by atoms with Crippen LogP contribution in [0.25, 0.3) is 6.01 Å². The van der Waals surface area contributed by atoms with E-state index in [0.29, 0.717) is 6.01 Å². The van der Waals surface area contributed by atoms with Gasteiger partial charge in [-0.05, 0) is 22.9 Å². The summed E-state index contributed by atoms with van der Waals surface area (Å²) < 4.78 is 7.60. The van der Waals surface area contributed by atoms with Crippen molar-refractivity contribution in [1.29, 1.82) is 0 Å². The van der Waals surface area contributed by atoms with E-state index in [-0.39, 0.29) is 0 Å². The van der Waals surface area contributed by atoms with E-state index in [1.165, 1.54) is 0 Å². The molecule has 0 aromatic carbocycles. The van der Waals surface area contributed by atoms with Crippen LogP contribution in [0.15, 0.2) is 27.5 Å². The Morgan fingerprint density at radius 2 is 2.42 bits per heavy atom. The van der Waals surface area contributed by atoms with Crippen molar-refractivity contribution in [2.24, 2.45) is 0 Å². The second kappa shape index (κ2) is 2.75. The lowest BCUT2D eigenvalue weighted by atomic mass is 10.6. The first-order valence-electron chi connectivity index (χ1n) is 3.38. The quantitative estimate of drug-likeness (QED) is 0.748. The molecule has 0 saturated heterocycles. The monoisotopic (exact) mass is 227 g/mol. The number of nitrogens with zero attached hydrogens (tertiary/aromatic N) is 3. The Balaban J connectivity index is 2.43. The molecule has 0 aliphatic rings. The molecule has 0 amide bonds. The van der Waals surface area contributed by atoms with Gasteiger partial charge in [0.2, 0.25) is 0 Å². The molecule has 2 aromatic rings. The Hall–Kier alpha value is -1.10. The zero-order chi connectivity index (χ0) is 8.55. The maximum absolute atomic E-state index is 5.13. The fourth-order valence-corrected chi connectivity index (χ4v) is 1.14. The minimum absolute atomic E-state index is 0.484. The number of halogens is 1. The van der Waals surface area contributed by atoms with E-state index in [1.807, 2.05) is 6.92 Å². The lowest BCUT2D eigenvalue weighted by Gasteiger charge is -1.89. The summed E-state index contributed by atoms with van der Waals surface area (Å²) in [5.74, 6) is 0. The summed E-state index contributed by atoms with van der Waals surface area (Å²) in [5, 5.41) is 4.01. The van der Waals surface area contributed by atoms with Crippen molar-refractivity contribution in [3.8, 4) is 6.01 Å². The van der Waals surface area contributed by atoms with Crippen LogP contribution in [0.3, 0.4) is 0 Å². The summed E-state index contributed by atoms with van der Waals surface area (Å²) in [7, 11) is 0. The molecule has 2 aromatic heterocycles. The molecule has 0 spiro atoms. The lowest BCUT2D eigenvalue weighted by molar-refractivity contribution is 0.509. The van der Waals surface area contributed by atoms with Gasteiger partial charge in [0.25, 0.3) is 0 Å². The van der Waals surface area contributed by atoms with Crippen LogP contribution in [-0.2, 0) is 0 Å². The molecule has 0 aliphatic heterocycles. The molecule has 2 heterocycles. The van der Waals surface area contributed by atoms with Crippen molar-refractivity contribution in [2.75, 3.05) is 0 Å². The van der Waals surface area contributed by atoms with Crippen LogP contribution >= 0.6 is 15.9 Å². The molecule has 2 rings (SSSR count). The summed E-state index contributed by atoms with van der Waals surface area (Å²) in [5.41, 5.74) is 0.844. The number of oxazole rings is 1. The molecule has 5 heteroatoms. The topological polar surface area (TPSA) is 43.9 Å². The van der Waals surface area contributed by atoms with Gasteiger partial charge in [-0.25, -0.2) is 0 Å². The first-order chi connectivity index (χ1) is 5.75. The molecule has 0 aliphatic carbocycles. The molecule has 0 radical (unpaired) electrons. The van der Waals surface area contributed by atoms with Gasteiger partial charge in [0.05, 0.1) is 16.4 Å². The van der Waals surface area contributed by atoms with Gasteiger partial charge in [-0.1, -0.05) is 0 Å². The molecule has 12 heavy (non-hydrogen) atoms. The summed E-state index contributed by atoms with van der Waals surface area (Å²) in [6, 6.07) is 0.484. The van der Waals surface area contributed by atoms with E-state index in [4.69, 9.17) is 4.42 Å². The van der Waals surface area contributed by atoms with Gasteiger partial charge in [0.15, 0.2) is 0 Å². The van der Waals surface area contributed by atoms with E-state index in [0.717, 1.165) is 10.2 Å². The third-order valence-corrected chi connectivity index (χ3v) is 1.76. The molecule has 0 fully saturated rings. The first kappa shape index (κ1) is 7.54. The van der Waals surface area contributed by atoms with Crippen molar-refractivity contribution in [3.05, 3.63) is 28.8 Å². The zero-order valence-corrected chi connectivity index (χ0v) is 7.95. The van der Waals surface area contributed by atoms with Crippen molar-refractivity contribution in [3.63, 3.8) is 0 Å². The van der Waals surface area contributed by atoms with Gasteiger partial charge >= 0.3 is 6.01 Å². The molecule has 0 bridgehead atoms. The zero-order valence-electron chi connectivity index (χ0n) is 6.36. The molecular formula is C7H6BrN3O. The first-order valence-corrected chi connectivity index (χ1v) is 4.18. The molecule has 4 nitrogen and oxygen atoms in total. The minimum atomic E-state index is 0.484. The molecule has 62 valence electrons. The second-order valence-electron chi connectivity index (χ2n) is 2.37. The van der Waals surface area contributed by atoms with E-state index in [2.05, 4.69) is 26.0 Å². The Labute approximate surface area is 77.3 Å². The Morgan fingerprint density at radius 1 is 1.58 bits per heavy atom. The Morgan fingerprint density at radius 3 is 2.92 bits per heavy atom. The van der Waals surface area contributed by atoms with Gasteiger partial charge in [-0.15, -0.1) is 0 Å². The van der Waals surface area contributed by atoms with Crippen LogP contribution < -0.4 is 0 Å². The van der Waals surface area contributed by atoms with Gasteiger partial charge in [-0.3, -0.25) is 0 Å². The number of rotatable bonds is 1. The highest BCUT2D eigenvalue weighted by Crippen LogP contribution is 2.11. The summed E-state index contributed by atoms with van der Waals surface area (Å²) >= 11 is 3.28. The largest absolute Gasteiger partial charge is 0.430 e. The highest BCUT2D eigenvalue weighted by atomic mass is 79.9. The van der Waals surface area contributed by atoms with Crippen molar-refractivity contribution in [2.45, 2.75) is 6.92 Å². The van der Waals surface area contributed by atoms with E-state index < -0.39 is 0 Å². The van der Waals surface area contributed by atoms with E-state index in [9.17, 15) is 0 Å². The van der Waals surface area contributed by atoms with Gasteiger partial charge in [-0.2, -0.15) is 14.8 Å². The number of aryl methyl sites for hydroxylation is 1. The average Bonchev–Trinajstić information content (AvgIpc) is 2.58. The van der Waals surface area contributed by atoms with Crippen molar-refractivity contribution in [1.82, 2.24) is 14.8 Å². The predicted molar refractivity (Wildman–Crippen MR) is 46.1 cm³/mol. The SMILES string of the molecule is Cc1coc(-n2cc(Br)cn2)n1. The van der Waals surface area contributed by atoms with Crippen LogP contribution in [0.2, 0.25) is 0 Å². The van der Waals surface area contributed by atoms with Crippen LogP contribution in [0, 0.1) is 6.92 Å². The molecule has 0 unspecified atom stereocenters. The summed E-state index contributed by atoms with van der Waals surface area (Å²) in [4.78, 5) is 4.11. The number of hydrogen-bond acceptors (Lipinski definition) is 3. The smallest absolute Gasteiger partial charge is 0.322 e. The average molecular weight is 228 g/mol. The second-order valence-corrected chi connectivity index (χ2v) is 3.29. The lowest BCUT2D eigenvalue weighted by Crippen LogP contribution is -1.93. The summed E-state index contributed by atoms with van der Waals surface area (Å²) in [6.45, 7) is 1.87. The molecule has 0 N–H and O–H groups in total. The minimum Gasteiger partial charge on any atom is -0.430 e.